The summed E-state index contributed by atoms with van der Waals surface area (Å²) in [5.41, 5.74) is 1.27. The van der Waals surface area contributed by atoms with Crippen molar-refractivity contribution in [3.63, 3.8) is 0 Å². The zero-order valence-corrected chi connectivity index (χ0v) is 19.0. The van der Waals surface area contributed by atoms with Crippen LogP contribution in [0, 0.1) is 5.92 Å². The average molecular weight is 485 g/mol. The SMILES string of the molecule is C[C@H](CCc1ccccc1)NC(=O)C1CCN(S(=O)(=O)c2ccc(Br)s2)CC1. The Morgan fingerprint density at radius 1 is 1.21 bits per heavy atom. The Kier molecular flexibility index (Phi) is 7.31. The van der Waals surface area contributed by atoms with Crippen LogP contribution in [0.2, 0.25) is 0 Å². The molecule has 28 heavy (non-hydrogen) atoms. The van der Waals surface area contributed by atoms with Crippen LogP contribution in [0.4, 0.5) is 0 Å². The van der Waals surface area contributed by atoms with E-state index in [0.29, 0.717) is 30.1 Å². The van der Waals surface area contributed by atoms with Gasteiger partial charge in [-0.1, -0.05) is 30.3 Å². The maximum atomic E-state index is 12.7. The number of rotatable bonds is 7. The first kappa shape index (κ1) is 21.5. The second-order valence-corrected chi connectivity index (χ2v) is 11.8. The quantitative estimate of drug-likeness (QED) is 0.644. The second kappa shape index (κ2) is 9.52. The molecule has 8 heteroatoms. The Balaban J connectivity index is 1.47. The predicted molar refractivity (Wildman–Crippen MR) is 116 cm³/mol. The lowest BCUT2D eigenvalue weighted by Gasteiger charge is -2.30. The molecule has 1 amide bonds. The minimum absolute atomic E-state index is 0.0384. The number of nitrogens with zero attached hydrogens (tertiary/aromatic N) is 1. The van der Waals surface area contributed by atoms with Crippen LogP contribution in [0.15, 0.2) is 50.5 Å². The highest BCUT2D eigenvalue weighted by Crippen LogP contribution is 2.30. The molecule has 1 N–H and O–H groups in total. The minimum atomic E-state index is -3.46. The Labute approximate surface area is 179 Å². The molecule has 0 spiro atoms. The van der Waals surface area contributed by atoms with Gasteiger partial charge in [-0.25, -0.2) is 8.42 Å². The fourth-order valence-electron chi connectivity index (χ4n) is 3.38. The van der Waals surface area contributed by atoms with Gasteiger partial charge in [-0.3, -0.25) is 4.79 Å². The number of halogens is 1. The Hall–Kier alpha value is -1.22. The van der Waals surface area contributed by atoms with Gasteiger partial charge in [-0.15, -0.1) is 11.3 Å². The molecule has 152 valence electrons. The van der Waals surface area contributed by atoms with Crippen molar-refractivity contribution in [1.82, 2.24) is 9.62 Å². The van der Waals surface area contributed by atoms with E-state index in [9.17, 15) is 13.2 Å². The van der Waals surface area contributed by atoms with E-state index < -0.39 is 10.0 Å². The highest BCUT2D eigenvalue weighted by molar-refractivity contribution is 9.11. The Morgan fingerprint density at radius 2 is 1.89 bits per heavy atom. The summed E-state index contributed by atoms with van der Waals surface area (Å²) >= 11 is 4.53. The number of nitrogens with one attached hydrogen (secondary N) is 1. The Bertz CT molecular complexity index is 891. The molecular weight excluding hydrogens is 460 g/mol. The maximum Gasteiger partial charge on any atom is 0.252 e. The first-order chi connectivity index (χ1) is 13.4. The number of thiophene rings is 1. The summed E-state index contributed by atoms with van der Waals surface area (Å²) in [6.45, 7) is 2.79. The summed E-state index contributed by atoms with van der Waals surface area (Å²) in [6, 6.07) is 13.7. The van der Waals surface area contributed by atoms with Crippen molar-refractivity contribution in [3.05, 3.63) is 51.8 Å². The molecule has 2 heterocycles. The summed E-state index contributed by atoms with van der Waals surface area (Å²) in [5.74, 6) is -0.0859. The molecule has 1 aromatic heterocycles. The topological polar surface area (TPSA) is 66.5 Å². The van der Waals surface area contributed by atoms with E-state index in [1.54, 1.807) is 12.1 Å². The zero-order valence-electron chi connectivity index (χ0n) is 15.8. The zero-order chi connectivity index (χ0) is 20.1. The minimum Gasteiger partial charge on any atom is -0.353 e. The fourth-order valence-corrected chi connectivity index (χ4v) is 7.02. The highest BCUT2D eigenvalue weighted by Gasteiger charge is 2.33. The molecule has 0 saturated carbocycles. The van der Waals surface area contributed by atoms with Crippen molar-refractivity contribution in [2.75, 3.05) is 13.1 Å². The number of carbonyl (C=O) groups is 1. The molecule has 0 unspecified atom stereocenters. The Morgan fingerprint density at radius 3 is 2.50 bits per heavy atom. The molecule has 1 aromatic carbocycles. The fraction of sp³-hybridized carbons (Fsp3) is 0.450. The average Bonchev–Trinajstić information content (AvgIpc) is 3.14. The van der Waals surface area contributed by atoms with Gasteiger partial charge in [0.05, 0.1) is 3.79 Å². The lowest BCUT2D eigenvalue weighted by Crippen LogP contribution is -2.44. The van der Waals surface area contributed by atoms with Crippen LogP contribution in [0.1, 0.15) is 31.7 Å². The summed E-state index contributed by atoms with van der Waals surface area (Å²) in [5, 5.41) is 3.10. The van der Waals surface area contributed by atoms with Gasteiger partial charge in [0, 0.05) is 25.0 Å². The van der Waals surface area contributed by atoms with E-state index in [4.69, 9.17) is 0 Å². The van der Waals surface area contributed by atoms with E-state index >= 15 is 0 Å². The first-order valence-electron chi connectivity index (χ1n) is 9.46. The van der Waals surface area contributed by atoms with Gasteiger partial charge in [-0.2, -0.15) is 4.31 Å². The van der Waals surface area contributed by atoms with Crippen LogP contribution in [-0.4, -0.2) is 37.8 Å². The van der Waals surface area contributed by atoms with E-state index in [0.717, 1.165) is 16.6 Å². The van der Waals surface area contributed by atoms with Crippen LogP contribution in [0.25, 0.3) is 0 Å². The van der Waals surface area contributed by atoms with Crippen LogP contribution >= 0.6 is 27.3 Å². The molecule has 2 aromatic rings. The number of benzene rings is 1. The van der Waals surface area contributed by atoms with Gasteiger partial charge in [-0.05, 0) is 66.2 Å². The van der Waals surface area contributed by atoms with Crippen LogP contribution < -0.4 is 5.32 Å². The predicted octanol–water partition coefficient (Wildman–Crippen LogP) is 4.05. The van der Waals surface area contributed by atoms with Crippen molar-refractivity contribution in [1.29, 1.82) is 0 Å². The molecule has 1 saturated heterocycles. The smallest absolute Gasteiger partial charge is 0.252 e. The standard InChI is InChI=1S/C20H25BrN2O3S2/c1-15(7-8-16-5-3-2-4-6-16)22-20(24)17-11-13-23(14-12-17)28(25,26)19-10-9-18(21)27-19/h2-6,9-10,15,17H,7-8,11-14H2,1H3,(H,22,24)/t15-/m1/s1. The van der Waals surface area contributed by atoms with E-state index in [1.165, 1.54) is 21.2 Å². The number of piperidine rings is 1. The molecule has 0 radical (unpaired) electrons. The van der Waals surface area contributed by atoms with E-state index in [1.807, 2.05) is 25.1 Å². The van der Waals surface area contributed by atoms with Crippen molar-refractivity contribution >= 4 is 43.2 Å². The summed E-state index contributed by atoms with van der Waals surface area (Å²) in [4.78, 5) is 12.6. The molecule has 1 aliphatic heterocycles. The van der Waals surface area contributed by atoms with E-state index in [-0.39, 0.29) is 17.9 Å². The van der Waals surface area contributed by atoms with Crippen LogP contribution in [0.5, 0.6) is 0 Å². The van der Waals surface area contributed by atoms with Gasteiger partial charge < -0.3 is 5.32 Å². The summed E-state index contributed by atoms with van der Waals surface area (Å²) < 4.78 is 28.0. The molecular formula is C20H25BrN2O3S2. The second-order valence-electron chi connectivity index (χ2n) is 7.17. The highest BCUT2D eigenvalue weighted by atomic mass is 79.9. The van der Waals surface area contributed by atoms with E-state index in [2.05, 4.69) is 33.4 Å². The number of hydrogen-bond acceptors (Lipinski definition) is 4. The monoisotopic (exact) mass is 484 g/mol. The number of aryl methyl sites for hydroxylation is 1. The number of sulfonamides is 1. The van der Waals surface area contributed by atoms with Crippen molar-refractivity contribution in [3.8, 4) is 0 Å². The lowest BCUT2D eigenvalue weighted by atomic mass is 9.96. The van der Waals surface area contributed by atoms with Crippen molar-refractivity contribution < 1.29 is 13.2 Å². The molecule has 3 rings (SSSR count). The molecule has 1 atom stereocenters. The van der Waals surface area contributed by atoms with Gasteiger partial charge in [0.1, 0.15) is 4.21 Å². The normalized spacial score (nSPS) is 17.4. The molecule has 0 bridgehead atoms. The van der Waals surface area contributed by atoms with Gasteiger partial charge in [0.15, 0.2) is 0 Å². The number of hydrogen-bond donors (Lipinski definition) is 1. The third kappa shape index (κ3) is 5.43. The molecule has 1 fully saturated rings. The molecule has 0 aliphatic carbocycles. The summed E-state index contributed by atoms with van der Waals surface area (Å²) in [7, 11) is -3.46. The molecule has 1 aliphatic rings. The van der Waals surface area contributed by atoms with Crippen molar-refractivity contribution in [2.45, 2.75) is 42.9 Å². The third-order valence-electron chi connectivity index (χ3n) is 5.06. The van der Waals surface area contributed by atoms with Gasteiger partial charge in [0.2, 0.25) is 5.91 Å². The summed E-state index contributed by atoms with van der Waals surface area (Å²) in [6.07, 6.45) is 2.93. The van der Waals surface area contributed by atoms with Crippen molar-refractivity contribution in [2.24, 2.45) is 5.92 Å². The number of carbonyl (C=O) groups excluding carboxylic acids is 1. The van der Waals surface area contributed by atoms with Crippen LogP contribution in [0.3, 0.4) is 0 Å². The van der Waals surface area contributed by atoms with Crippen LogP contribution in [-0.2, 0) is 21.2 Å². The number of amides is 1. The lowest BCUT2D eigenvalue weighted by molar-refractivity contribution is -0.126. The largest absolute Gasteiger partial charge is 0.353 e. The maximum absolute atomic E-state index is 12.7. The molecule has 5 nitrogen and oxygen atoms in total. The van der Waals surface area contributed by atoms with Gasteiger partial charge >= 0.3 is 0 Å². The van der Waals surface area contributed by atoms with Gasteiger partial charge in [0.25, 0.3) is 10.0 Å². The first-order valence-corrected chi connectivity index (χ1v) is 12.5. The third-order valence-corrected chi connectivity index (χ3v) is 9.05.